The van der Waals surface area contributed by atoms with E-state index in [9.17, 15) is 0 Å². The normalized spacial score (nSPS) is 9.79. The number of rotatable bonds is 2. The molecule has 0 bridgehead atoms. The van der Waals surface area contributed by atoms with Crippen LogP contribution < -0.4 is 4.74 Å². The van der Waals surface area contributed by atoms with Gasteiger partial charge in [0.25, 0.3) is 0 Å². The molecule has 2 rings (SSSR count). The van der Waals surface area contributed by atoms with Crippen molar-refractivity contribution < 1.29 is 4.74 Å². The van der Waals surface area contributed by atoms with Gasteiger partial charge in [0, 0.05) is 11.6 Å². The zero-order valence-corrected chi connectivity index (χ0v) is 7.84. The predicted octanol–water partition coefficient (Wildman–Crippen LogP) is 2.15. The standard InChI is InChI=1S/C11H10N2O/c1-14-11-8-7-10(12-13-11)9-5-3-2-4-6-9/h2-8H,1H3. The molecule has 0 spiro atoms. The van der Waals surface area contributed by atoms with E-state index in [1.54, 1.807) is 13.2 Å². The lowest BCUT2D eigenvalue weighted by Gasteiger charge is -2.00. The summed E-state index contributed by atoms with van der Waals surface area (Å²) in [4.78, 5) is 0. The van der Waals surface area contributed by atoms with Gasteiger partial charge in [-0.3, -0.25) is 0 Å². The number of methoxy groups -OCH3 is 1. The van der Waals surface area contributed by atoms with Crippen molar-refractivity contribution in [1.82, 2.24) is 10.2 Å². The fourth-order valence-corrected chi connectivity index (χ4v) is 1.19. The van der Waals surface area contributed by atoms with Crippen LogP contribution in [0.3, 0.4) is 0 Å². The number of hydrogen-bond donors (Lipinski definition) is 0. The van der Waals surface area contributed by atoms with E-state index in [0.717, 1.165) is 11.3 Å². The molecule has 0 atom stereocenters. The summed E-state index contributed by atoms with van der Waals surface area (Å²) in [5.74, 6) is 0.532. The number of ether oxygens (including phenoxy) is 1. The summed E-state index contributed by atoms with van der Waals surface area (Å²) in [7, 11) is 1.58. The van der Waals surface area contributed by atoms with Crippen molar-refractivity contribution in [1.29, 1.82) is 0 Å². The average molecular weight is 186 g/mol. The van der Waals surface area contributed by atoms with Gasteiger partial charge in [-0.25, -0.2) is 0 Å². The van der Waals surface area contributed by atoms with Crippen molar-refractivity contribution in [2.24, 2.45) is 0 Å². The summed E-state index contributed by atoms with van der Waals surface area (Å²) >= 11 is 0. The molecule has 0 saturated carbocycles. The van der Waals surface area contributed by atoms with E-state index in [-0.39, 0.29) is 0 Å². The fourth-order valence-electron chi connectivity index (χ4n) is 1.19. The molecule has 0 aliphatic rings. The molecule has 0 radical (unpaired) electrons. The molecule has 0 amide bonds. The largest absolute Gasteiger partial charge is 0.480 e. The highest BCUT2D eigenvalue weighted by Gasteiger charge is 1.99. The first-order valence-corrected chi connectivity index (χ1v) is 4.33. The second-order valence-corrected chi connectivity index (χ2v) is 2.83. The lowest BCUT2D eigenvalue weighted by atomic mass is 10.1. The third kappa shape index (κ3) is 1.71. The number of hydrogen-bond acceptors (Lipinski definition) is 3. The van der Waals surface area contributed by atoms with E-state index >= 15 is 0 Å². The smallest absolute Gasteiger partial charge is 0.233 e. The van der Waals surface area contributed by atoms with E-state index in [0.29, 0.717) is 5.88 Å². The van der Waals surface area contributed by atoms with Gasteiger partial charge >= 0.3 is 0 Å². The van der Waals surface area contributed by atoms with Crippen LogP contribution in [0.5, 0.6) is 5.88 Å². The van der Waals surface area contributed by atoms with Gasteiger partial charge in [0.2, 0.25) is 5.88 Å². The van der Waals surface area contributed by atoms with Crippen LogP contribution in [0.4, 0.5) is 0 Å². The quantitative estimate of drug-likeness (QED) is 0.720. The second kappa shape index (κ2) is 3.87. The Morgan fingerprint density at radius 1 is 0.929 bits per heavy atom. The highest BCUT2D eigenvalue weighted by molar-refractivity contribution is 5.58. The maximum absolute atomic E-state index is 4.93. The molecule has 70 valence electrons. The van der Waals surface area contributed by atoms with Crippen LogP contribution in [0.25, 0.3) is 11.3 Å². The second-order valence-electron chi connectivity index (χ2n) is 2.83. The van der Waals surface area contributed by atoms with E-state index in [1.165, 1.54) is 0 Å². The molecule has 0 aliphatic carbocycles. The van der Waals surface area contributed by atoms with E-state index in [2.05, 4.69) is 10.2 Å². The molecule has 1 heterocycles. The Balaban J connectivity index is 2.34. The summed E-state index contributed by atoms with van der Waals surface area (Å²) < 4.78 is 4.93. The van der Waals surface area contributed by atoms with E-state index < -0.39 is 0 Å². The van der Waals surface area contributed by atoms with Crippen molar-refractivity contribution in [3.05, 3.63) is 42.5 Å². The first kappa shape index (κ1) is 8.69. The lowest BCUT2D eigenvalue weighted by Crippen LogP contribution is -1.91. The highest BCUT2D eigenvalue weighted by atomic mass is 16.5. The van der Waals surface area contributed by atoms with Crippen LogP contribution >= 0.6 is 0 Å². The Morgan fingerprint density at radius 3 is 2.29 bits per heavy atom. The van der Waals surface area contributed by atoms with Crippen LogP contribution in [0.2, 0.25) is 0 Å². The van der Waals surface area contributed by atoms with Crippen molar-refractivity contribution >= 4 is 0 Å². The van der Waals surface area contributed by atoms with Crippen molar-refractivity contribution in [2.75, 3.05) is 7.11 Å². The number of aromatic nitrogens is 2. The van der Waals surface area contributed by atoms with Gasteiger partial charge in [0.15, 0.2) is 0 Å². The first-order valence-electron chi connectivity index (χ1n) is 4.33. The number of nitrogens with zero attached hydrogens (tertiary/aromatic N) is 2. The van der Waals surface area contributed by atoms with Gasteiger partial charge in [-0.2, -0.15) is 0 Å². The predicted molar refractivity (Wildman–Crippen MR) is 54.0 cm³/mol. The maximum atomic E-state index is 4.93. The average Bonchev–Trinajstić information content (AvgIpc) is 2.30. The third-order valence-electron chi connectivity index (χ3n) is 1.92. The molecule has 0 fully saturated rings. The van der Waals surface area contributed by atoms with Gasteiger partial charge in [-0.05, 0) is 6.07 Å². The Bertz CT molecular complexity index is 397. The fraction of sp³-hybridized carbons (Fsp3) is 0.0909. The molecular formula is C11H10N2O. The molecule has 0 aliphatic heterocycles. The van der Waals surface area contributed by atoms with Crippen molar-refractivity contribution in [3.63, 3.8) is 0 Å². The molecule has 0 unspecified atom stereocenters. The Kier molecular flexibility index (Phi) is 2.40. The van der Waals surface area contributed by atoms with Gasteiger partial charge in [0.1, 0.15) is 0 Å². The third-order valence-corrected chi connectivity index (χ3v) is 1.92. The minimum absolute atomic E-state index is 0.532. The molecule has 1 aromatic heterocycles. The monoisotopic (exact) mass is 186 g/mol. The SMILES string of the molecule is COc1ccc(-c2ccccc2)nn1. The summed E-state index contributed by atoms with van der Waals surface area (Å²) in [6.45, 7) is 0. The lowest BCUT2D eigenvalue weighted by molar-refractivity contribution is 0.392. The van der Waals surface area contributed by atoms with Crippen molar-refractivity contribution in [3.8, 4) is 17.1 Å². The molecule has 14 heavy (non-hydrogen) atoms. The van der Waals surface area contributed by atoms with E-state index in [4.69, 9.17) is 4.74 Å². The zero-order valence-electron chi connectivity index (χ0n) is 7.84. The van der Waals surface area contributed by atoms with Gasteiger partial charge < -0.3 is 4.74 Å². The Morgan fingerprint density at radius 2 is 1.71 bits per heavy atom. The van der Waals surface area contributed by atoms with Crippen molar-refractivity contribution in [2.45, 2.75) is 0 Å². The van der Waals surface area contributed by atoms with Crippen LogP contribution in [0.1, 0.15) is 0 Å². The van der Waals surface area contributed by atoms with E-state index in [1.807, 2.05) is 36.4 Å². The molecule has 0 saturated heterocycles. The van der Waals surface area contributed by atoms with Gasteiger partial charge in [-0.15, -0.1) is 10.2 Å². The summed E-state index contributed by atoms with van der Waals surface area (Å²) in [5, 5.41) is 7.95. The Hall–Kier alpha value is -1.90. The molecule has 3 nitrogen and oxygen atoms in total. The number of benzene rings is 1. The summed E-state index contributed by atoms with van der Waals surface area (Å²) in [6.07, 6.45) is 0. The molecule has 0 N–H and O–H groups in total. The molecule has 1 aromatic carbocycles. The zero-order chi connectivity index (χ0) is 9.80. The van der Waals surface area contributed by atoms with Crippen LogP contribution in [0.15, 0.2) is 42.5 Å². The maximum Gasteiger partial charge on any atom is 0.233 e. The van der Waals surface area contributed by atoms with Crippen LogP contribution in [-0.4, -0.2) is 17.3 Å². The highest BCUT2D eigenvalue weighted by Crippen LogP contribution is 2.16. The Labute approximate surface area is 82.4 Å². The minimum atomic E-state index is 0.532. The van der Waals surface area contributed by atoms with Gasteiger partial charge in [-0.1, -0.05) is 30.3 Å². The van der Waals surface area contributed by atoms with Gasteiger partial charge in [0.05, 0.1) is 12.8 Å². The molecule has 2 aromatic rings. The summed E-state index contributed by atoms with van der Waals surface area (Å²) in [5.41, 5.74) is 1.91. The topological polar surface area (TPSA) is 35.0 Å². The molecule has 3 heteroatoms. The minimum Gasteiger partial charge on any atom is -0.480 e. The summed E-state index contributed by atoms with van der Waals surface area (Å²) in [6, 6.07) is 13.6. The molecular weight excluding hydrogens is 176 g/mol. The van der Waals surface area contributed by atoms with Crippen LogP contribution in [0, 0.1) is 0 Å². The first-order chi connectivity index (χ1) is 6.90. The van der Waals surface area contributed by atoms with Crippen LogP contribution in [-0.2, 0) is 0 Å².